The number of ether oxygens (including phenoxy) is 1. The van der Waals surface area contributed by atoms with Gasteiger partial charge in [-0.25, -0.2) is 0 Å². The number of nitrogens with one attached hydrogen (secondary N) is 1. The van der Waals surface area contributed by atoms with E-state index in [1.54, 1.807) is 12.2 Å². The minimum absolute atomic E-state index is 0.00326. The first-order valence-electron chi connectivity index (χ1n) is 12.6. The number of rotatable bonds is 9. The van der Waals surface area contributed by atoms with Gasteiger partial charge in [0.05, 0.1) is 16.2 Å². The van der Waals surface area contributed by atoms with Gasteiger partial charge in [0.25, 0.3) is 0 Å². The number of benzene rings is 1. The topological polar surface area (TPSA) is 99.1 Å². The van der Waals surface area contributed by atoms with Crippen molar-refractivity contribution in [3.63, 3.8) is 0 Å². The number of hydrogen-bond acceptors (Lipinski definition) is 5. The third-order valence-electron chi connectivity index (χ3n) is 6.64. The van der Waals surface area contributed by atoms with Crippen LogP contribution in [0.1, 0.15) is 58.3 Å². The van der Waals surface area contributed by atoms with Gasteiger partial charge < -0.3 is 25.2 Å². The van der Waals surface area contributed by atoms with Crippen LogP contribution >= 0.6 is 22.6 Å². The molecule has 0 spiro atoms. The molecule has 0 bridgehead atoms. The molecule has 0 radical (unpaired) electrons. The van der Waals surface area contributed by atoms with E-state index in [0.29, 0.717) is 11.3 Å². The van der Waals surface area contributed by atoms with Crippen LogP contribution < -0.4 is 10.1 Å². The Morgan fingerprint density at radius 2 is 1.91 bits per heavy atom. The van der Waals surface area contributed by atoms with Crippen molar-refractivity contribution in [3.05, 3.63) is 51.6 Å². The molecule has 0 saturated heterocycles. The first-order valence-corrected chi connectivity index (χ1v) is 13.7. The minimum atomic E-state index is -0.998. The van der Waals surface area contributed by atoms with Crippen molar-refractivity contribution < 1.29 is 24.5 Å². The average molecular weight is 597 g/mol. The third-order valence-corrected chi connectivity index (χ3v) is 7.53. The Morgan fingerprint density at radius 1 is 1.20 bits per heavy atom. The van der Waals surface area contributed by atoms with Gasteiger partial charge in [-0.15, -0.1) is 0 Å². The standard InChI is InChI=1S/C27H37IN2O5/c1-2-3-14-25(32)30(20-10-6-4-5-7-11-20)22-17-19(27(34)29-15-16-31)18-24(26(22)33)35-23-13-9-8-12-21(23)28/h3,8-9,12-14,18,20,22,24,26,31,33H,2,4-7,10-11,15-17H2,1H3,(H,29,34)/t22-,24+,26+/m1/s1. The van der Waals surface area contributed by atoms with Gasteiger partial charge in [-0.2, -0.15) is 0 Å². The Hall–Kier alpha value is -1.91. The Morgan fingerprint density at radius 3 is 2.57 bits per heavy atom. The van der Waals surface area contributed by atoms with Crippen molar-refractivity contribution in [2.45, 2.75) is 82.6 Å². The van der Waals surface area contributed by atoms with E-state index in [1.165, 1.54) is 0 Å². The molecule has 1 fully saturated rings. The molecule has 8 heteroatoms. The molecule has 1 aromatic rings. The highest BCUT2D eigenvalue weighted by Crippen LogP contribution is 2.33. The lowest BCUT2D eigenvalue weighted by atomic mass is 9.86. The SMILES string of the molecule is CCC=CC(=O)N(C1CCCCCC1)[C@@H]1CC(C(=O)NCCO)=C[C@H](Oc2ccccc2I)[C@H]1O. The van der Waals surface area contributed by atoms with E-state index in [-0.39, 0.29) is 37.4 Å². The highest BCUT2D eigenvalue weighted by Gasteiger charge is 2.42. The van der Waals surface area contributed by atoms with Gasteiger partial charge in [-0.3, -0.25) is 9.59 Å². The lowest BCUT2D eigenvalue weighted by molar-refractivity contribution is -0.137. The maximum absolute atomic E-state index is 13.5. The van der Waals surface area contributed by atoms with Crippen LogP contribution in [-0.4, -0.2) is 64.4 Å². The second-order valence-electron chi connectivity index (χ2n) is 9.15. The summed E-state index contributed by atoms with van der Waals surface area (Å²) in [5, 5.41) is 23.4. The Kier molecular flexibility index (Phi) is 11.1. The number of carbonyl (C=O) groups is 2. The van der Waals surface area contributed by atoms with Crippen LogP contribution in [0.3, 0.4) is 0 Å². The van der Waals surface area contributed by atoms with Crippen LogP contribution in [0.5, 0.6) is 5.75 Å². The first-order chi connectivity index (χ1) is 17.0. The number of hydrogen-bond donors (Lipinski definition) is 3. The number of allylic oxidation sites excluding steroid dienone is 1. The van der Waals surface area contributed by atoms with Crippen molar-refractivity contribution >= 4 is 34.4 Å². The Balaban J connectivity index is 1.97. The highest BCUT2D eigenvalue weighted by molar-refractivity contribution is 14.1. The Bertz CT molecular complexity index is 911. The maximum atomic E-state index is 13.5. The van der Waals surface area contributed by atoms with Crippen LogP contribution in [0, 0.1) is 3.57 Å². The zero-order chi connectivity index (χ0) is 25.2. The van der Waals surface area contributed by atoms with E-state index in [4.69, 9.17) is 9.84 Å². The zero-order valence-electron chi connectivity index (χ0n) is 20.4. The van der Waals surface area contributed by atoms with E-state index in [0.717, 1.165) is 48.5 Å². The molecule has 2 aliphatic rings. The largest absolute Gasteiger partial charge is 0.482 e. The monoisotopic (exact) mass is 596 g/mol. The lowest BCUT2D eigenvalue weighted by Gasteiger charge is -2.43. The molecule has 0 aliphatic heterocycles. The molecule has 0 unspecified atom stereocenters. The molecule has 192 valence electrons. The van der Waals surface area contributed by atoms with Crippen LogP contribution in [0.25, 0.3) is 0 Å². The maximum Gasteiger partial charge on any atom is 0.247 e. The molecule has 2 aliphatic carbocycles. The molecule has 1 saturated carbocycles. The number of carbonyl (C=O) groups excluding carboxylic acids is 2. The molecule has 3 N–H and O–H groups in total. The summed E-state index contributed by atoms with van der Waals surface area (Å²) in [6.45, 7) is 1.95. The van der Waals surface area contributed by atoms with E-state index in [2.05, 4.69) is 27.9 Å². The number of amides is 2. The quantitative estimate of drug-likeness (QED) is 0.229. The van der Waals surface area contributed by atoms with Crippen LogP contribution in [0.4, 0.5) is 0 Å². The van der Waals surface area contributed by atoms with Crippen molar-refractivity contribution in [1.29, 1.82) is 0 Å². The molecule has 3 rings (SSSR count). The van der Waals surface area contributed by atoms with Gasteiger partial charge in [0.15, 0.2) is 0 Å². The molecular formula is C27H37IN2O5. The Labute approximate surface area is 221 Å². The highest BCUT2D eigenvalue weighted by atomic mass is 127. The van der Waals surface area contributed by atoms with Crippen LogP contribution in [-0.2, 0) is 9.59 Å². The fourth-order valence-electron chi connectivity index (χ4n) is 4.89. The summed E-state index contributed by atoms with van der Waals surface area (Å²) < 4.78 is 7.11. The summed E-state index contributed by atoms with van der Waals surface area (Å²) in [6, 6.07) is 6.92. The van der Waals surface area contributed by atoms with Crippen molar-refractivity contribution in [2.75, 3.05) is 13.2 Å². The molecule has 7 nitrogen and oxygen atoms in total. The number of nitrogens with zero attached hydrogens (tertiary/aromatic N) is 1. The van der Waals surface area contributed by atoms with Gasteiger partial charge >= 0.3 is 0 Å². The predicted molar refractivity (Wildman–Crippen MR) is 144 cm³/mol. The molecule has 1 aromatic carbocycles. The fraction of sp³-hybridized carbons (Fsp3) is 0.556. The lowest BCUT2D eigenvalue weighted by Crippen LogP contribution is -2.57. The van der Waals surface area contributed by atoms with Crippen molar-refractivity contribution in [1.82, 2.24) is 10.2 Å². The fourth-order valence-corrected chi connectivity index (χ4v) is 5.40. The van der Waals surface area contributed by atoms with Gasteiger partial charge in [-0.1, -0.05) is 50.8 Å². The van der Waals surface area contributed by atoms with Crippen LogP contribution in [0.15, 0.2) is 48.1 Å². The number of aliphatic hydroxyl groups is 2. The third kappa shape index (κ3) is 7.54. The summed E-state index contributed by atoms with van der Waals surface area (Å²) in [5.41, 5.74) is 0.454. The summed E-state index contributed by atoms with van der Waals surface area (Å²) in [5.74, 6) is 0.167. The molecular weight excluding hydrogens is 559 g/mol. The molecule has 35 heavy (non-hydrogen) atoms. The van der Waals surface area contributed by atoms with E-state index in [9.17, 15) is 14.7 Å². The molecule has 0 heterocycles. The van der Waals surface area contributed by atoms with Gasteiger partial charge in [0, 0.05) is 24.6 Å². The van der Waals surface area contributed by atoms with Gasteiger partial charge in [-0.05, 0) is 66.1 Å². The van der Waals surface area contributed by atoms with Crippen molar-refractivity contribution in [2.24, 2.45) is 0 Å². The number of para-hydroxylation sites is 1. The molecule has 0 aromatic heterocycles. The molecule has 3 atom stereocenters. The van der Waals surface area contributed by atoms with Crippen molar-refractivity contribution in [3.8, 4) is 5.75 Å². The smallest absolute Gasteiger partial charge is 0.247 e. The first kappa shape index (κ1) is 27.7. The minimum Gasteiger partial charge on any atom is -0.482 e. The second kappa shape index (κ2) is 14.0. The molecule has 2 amide bonds. The van der Waals surface area contributed by atoms with E-state index in [1.807, 2.05) is 42.2 Å². The average Bonchev–Trinajstić information content (AvgIpc) is 3.14. The summed E-state index contributed by atoms with van der Waals surface area (Å²) in [4.78, 5) is 28.2. The van der Waals surface area contributed by atoms with E-state index < -0.39 is 18.2 Å². The number of aliphatic hydroxyl groups excluding tert-OH is 2. The number of halogens is 1. The van der Waals surface area contributed by atoms with Gasteiger partial charge in [0.2, 0.25) is 11.8 Å². The second-order valence-corrected chi connectivity index (χ2v) is 10.3. The zero-order valence-corrected chi connectivity index (χ0v) is 22.5. The summed E-state index contributed by atoms with van der Waals surface area (Å²) in [6.07, 6.45) is 10.4. The van der Waals surface area contributed by atoms with Crippen LogP contribution in [0.2, 0.25) is 0 Å². The van der Waals surface area contributed by atoms with E-state index >= 15 is 0 Å². The normalized spacial score (nSPS) is 23.4. The van der Waals surface area contributed by atoms with Gasteiger partial charge in [0.1, 0.15) is 18.0 Å². The summed E-state index contributed by atoms with van der Waals surface area (Å²) >= 11 is 2.18. The summed E-state index contributed by atoms with van der Waals surface area (Å²) in [7, 11) is 0. The predicted octanol–water partition coefficient (Wildman–Crippen LogP) is 3.72.